The Morgan fingerprint density at radius 2 is 1.95 bits per heavy atom. The Labute approximate surface area is 118 Å². The molecule has 1 aliphatic rings. The minimum Gasteiger partial charge on any atom is -0.443 e. The quantitative estimate of drug-likeness (QED) is 0.792. The van der Waals surface area contributed by atoms with Gasteiger partial charge in [-0.2, -0.15) is 0 Å². The average Bonchev–Trinajstić information content (AvgIpc) is 2.60. The van der Waals surface area contributed by atoms with Crippen LogP contribution < -0.4 is 4.90 Å². The normalized spacial score (nSPS) is 18.1. The highest BCUT2D eigenvalue weighted by molar-refractivity contribution is 6.16. The second kappa shape index (κ2) is 4.90. The number of Topliss-reactive ketones (excluding diaryl/α,β-unsaturated/α-hetero) is 1. The molecule has 1 heterocycles. The van der Waals surface area contributed by atoms with Crippen molar-refractivity contribution in [3.8, 4) is 0 Å². The van der Waals surface area contributed by atoms with Crippen LogP contribution in [0.15, 0.2) is 18.2 Å². The monoisotopic (exact) mass is 277 g/mol. The van der Waals surface area contributed by atoms with Gasteiger partial charge >= 0.3 is 6.09 Å². The van der Waals surface area contributed by atoms with Gasteiger partial charge in [0.1, 0.15) is 5.60 Å². The van der Waals surface area contributed by atoms with Crippen molar-refractivity contribution < 1.29 is 19.1 Å². The van der Waals surface area contributed by atoms with E-state index >= 15 is 0 Å². The van der Waals surface area contributed by atoms with Crippen molar-refractivity contribution >= 4 is 17.6 Å². The fourth-order valence-corrected chi connectivity index (χ4v) is 2.15. The summed E-state index contributed by atoms with van der Waals surface area (Å²) in [6, 6.07) is 5.35. The zero-order valence-corrected chi connectivity index (χ0v) is 12.4. The number of anilines is 1. The van der Waals surface area contributed by atoms with E-state index in [1.54, 1.807) is 32.9 Å². The molecule has 1 unspecified atom stereocenters. The minimum atomic E-state index is -0.957. The number of hydrogen-bond donors (Lipinski definition) is 0. The molecular weight excluding hydrogens is 258 g/mol. The molecule has 1 aromatic carbocycles. The minimum absolute atomic E-state index is 0.225. The van der Waals surface area contributed by atoms with Crippen LogP contribution in [0.2, 0.25) is 0 Å². The van der Waals surface area contributed by atoms with Gasteiger partial charge in [0.25, 0.3) is 0 Å². The first-order valence-electron chi connectivity index (χ1n) is 6.44. The summed E-state index contributed by atoms with van der Waals surface area (Å²) in [5, 5.41) is 0. The molecule has 20 heavy (non-hydrogen) atoms. The molecule has 0 fully saturated rings. The molecule has 5 heteroatoms. The Morgan fingerprint density at radius 3 is 2.50 bits per heavy atom. The fourth-order valence-electron chi connectivity index (χ4n) is 2.15. The lowest BCUT2D eigenvalue weighted by Gasteiger charge is -2.27. The van der Waals surface area contributed by atoms with E-state index in [4.69, 9.17) is 9.47 Å². The number of nitrogens with zero attached hydrogens (tertiary/aromatic N) is 1. The summed E-state index contributed by atoms with van der Waals surface area (Å²) in [5.74, 6) is -0.225. The average molecular weight is 277 g/mol. The number of carbonyl (C=O) groups excluding carboxylic acids is 2. The van der Waals surface area contributed by atoms with E-state index in [1.807, 2.05) is 13.0 Å². The van der Waals surface area contributed by atoms with Crippen molar-refractivity contribution in [1.29, 1.82) is 0 Å². The number of benzene rings is 1. The fraction of sp³-hybridized carbons (Fsp3) is 0.467. The number of amides is 1. The number of methoxy groups -OCH3 is 1. The Kier molecular flexibility index (Phi) is 3.56. The standard InChI is InChI=1S/C15H19NO4/c1-9-6-7-11-10(8-9)12(17)13(19-5)16(11)14(18)20-15(2,3)4/h6-8,13H,1-5H3. The molecular formula is C15H19NO4. The van der Waals surface area contributed by atoms with E-state index in [0.29, 0.717) is 11.3 Å². The molecule has 1 aromatic rings. The van der Waals surface area contributed by atoms with Crippen LogP contribution in [0.3, 0.4) is 0 Å². The smallest absolute Gasteiger partial charge is 0.417 e. The second-order valence-electron chi connectivity index (χ2n) is 5.82. The zero-order chi connectivity index (χ0) is 15.1. The molecule has 0 bridgehead atoms. The number of ether oxygens (including phenoxy) is 2. The third kappa shape index (κ3) is 2.54. The Bertz CT molecular complexity index is 559. The van der Waals surface area contributed by atoms with Crippen LogP contribution >= 0.6 is 0 Å². The first-order valence-corrected chi connectivity index (χ1v) is 6.44. The molecule has 0 aromatic heterocycles. The van der Waals surface area contributed by atoms with Crippen LogP contribution in [0.4, 0.5) is 10.5 Å². The summed E-state index contributed by atoms with van der Waals surface area (Å²) >= 11 is 0. The van der Waals surface area contributed by atoms with Gasteiger partial charge in [0.05, 0.1) is 5.69 Å². The van der Waals surface area contributed by atoms with Gasteiger partial charge in [0, 0.05) is 12.7 Å². The Morgan fingerprint density at radius 1 is 1.30 bits per heavy atom. The van der Waals surface area contributed by atoms with Gasteiger partial charge in [-0.15, -0.1) is 0 Å². The van der Waals surface area contributed by atoms with E-state index in [1.165, 1.54) is 12.0 Å². The molecule has 0 N–H and O–H groups in total. The van der Waals surface area contributed by atoms with E-state index in [-0.39, 0.29) is 5.78 Å². The van der Waals surface area contributed by atoms with Crippen LogP contribution in [0.1, 0.15) is 36.7 Å². The number of rotatable bonds is 1. The highest BCUT2D eigenvalue weighted by Crippen LogP contribution is 2.34. The Balaban J connectivity index is 2.42. The number of carbonyl (C=O) groups is 2. The SMILES string of the molecule is COC1C(=O)c2cc(C)ccc2N1C(=O)OC(C)(C)C. The number of fused-ring (bicyclic) bond motifs is 1. The lowest BCUT2D eigenvalue weighted by atomic mass is 10.1. The maximum atomic E-state index is 12.3. The lowest BCUT2D eigenvalue weighted by Crippen LogP contribution is -2.44. The molecule has 1 aliphatic heterocycles. The largest absolute Gasteiger partial charge is 0.443 e. The Hall–Kier alpha value is -1.88. The molecule has 0 radical (unpaired) electrons. The van der Waals surface area contributed by atoms with Crippen molar-refractivity contribution in [1.82, 2.24) is 0 Å². The highest BCUT2D eigenvalue weighted by Gasteiger charge is 2.42. The number of ketones is 1. The van der Waals surface area contributed by atoms with Crippen LogP contribution in [0.5, 0.6) is 0 Å². The third-order valence-electron chi connectivity index (χ3n) is 2.95. The van der Waals surface area contributed by atoms with Crippen molar-refractivity contribution in [2.45, 2.75) is 39.5 Å². The summed E-state index contributed by atoms with van der Waals surface area (Å²) in [7, 11) is 1.40. The maximum Gasteiger partial charge on any atom is 0.417 e. The molecule has 108 valence electrons. The molecule has 2 rings (SSSR count). The topological polar surface area (TPSA) is 55.8 Å². The van der Waals surface area contributed by atoms with E-state index in [9.17, 15) is 9.59 Å². The van der Waals surface area contributed by atoms with Crippen molar-refractivity contribution in [3.63, 3.8) is 0 Å². The van der Waals surface area contributed by atoms with Gasteiger partial charge in [-0.3, -0.25) is 4.79 Å². The molecule has 1 amide bonds. The van der Waals surface area contributed by atoms with Crippen molar-refractivity contribution in [3.05, 3.63) is 29.3 Å². The van der Waals surface area contributed by atoms with Gasteiger partial charge in [-0.25, -0.2) is 9.69 Å². The molecule has 0 saturated heterocycles. The van der Waals surface area contributed by atoms with Crippen LogP contribution in [-0.4, -0.2) is 30.8 Å². The van der Waals surface area contributed by atoms with E-state index in [2.05, 4.69) is 0 Å². The van der Waals surface area contributed by atoms with Crippen LogP contribution in [0.25, 0.3) is 0 Å². The summed E-state index contributed by atoms with van der Waals surface area (Å²) in [6.45, 7) is 7.23. The molecule has 0 saturated carbocycles. The zero-order valence-electron chi connectivity index (χ0n) is 12.4. The number of aryl methyl sites for hydroxylation is 1. The summed E-state index contributed by atoms with van der Waals surface area (Å²) in [6.07, 6.45) is -1.54. The van der Waals surface area contributed by atoms with Crippen molar-refractivity contribution in [2.24, 2.45) is 0 Å². The molecule has 0 aliphatic carbocycles. The maximum absolute atomic E-state index is 12.3. The van der Waals surface area contributed by atoms with Crippen LogP contribution in [-0.2, 0) is 9.47 Å². The summed E-state index contributed by atoms with van der Waals surface area (Å²) < 4.78 is 10.5. The van der Waals surface area contributed by atoms with Gasteiger partial charge in [-0.1, -0.05) is 11.6 Å². The van der Waals surface area contributed by atoms with Crippen LogP contribution in [0, 0.1) is 6.92 Å². The van der Waals surface area contributed by atoms with Crippen molar-refractivity contribution in [2.75, 3.05) is 12.0 Å². The van der Waals surface area contributed by atoms with Gasteiger partial charge in [0.15, 0.2) is 0 Å². The van der Waals surface area contributed by atoms with E-state index < -0.39 is 17.9 Å². The summed E-state index contributed by atoms with van der Waals surface area (Å²) in [5.41, 5.74) is 1.34. The first kappa shape index (κ1) is 14.5. The lowest BCUT2D eigenvalue weighted by molar-refractivity contribution is 0.0382. The second-order valence-corrected chi connectivity index (χ2v) is 5.82. The highest BCUT2D eigenvalue weighted by atomic mass is 16.6. The van der Waals surface area contributed by atoms with Gasteiger partial charge in [-0.05, 0) is 39.8 Å². The molecule has 1 atom stereocenters. The van der Waals surface area contributed by atoms with Gasteiger partial charge < -0.3 is 9.47 Å². The third-order valence-corrected chi connectivity index (χ3v) is 2.95. The van der Waals surface area contributed by atoms with E-state index in [0.717, 1.165) is 5.56 Å². The summed E-state index contributed by atoms with van der Waals surface area (Å²) in [4.78, 5) is 25.8. The first-order chi connectivity index (χ1) is 9.24. The molecule has 0 spiro atoms. The molecule has 5 nitrogen and oxygen atoms in total. The predicted octanol–water partition coefficient (Wildman–Crippen LogP) is 2.91. The number of hydrogen-bond acceptors (Lipinski definition) is 4. The van der Waals surface area contributed by atoms with Gasteiger partial charge in [0.2, 0.25) is 12.0 Å². The predicted molar refractivity (Wildman–Crippen MR) is 75.0 cm³/mol.